The number of nitrogens with one attached hydrogen (secondary N) is 1. The molecule has 7 heteroatoms. The van der Waals surface area contributed by atoms with Crippen molar-refractivity contribution in [3.05, 3.63) is 57.0 Å². The molecule has 1 heterocycles. The van der Waals surface area contributed by atoms with Crippen LogP contribution in [-0.2, 0) is 0 Å². The van der Waals surface area contributed by atoms with Crippen LogP contribution in [0.5, 0.6) is 0 Å². The fourth-order valence-corrected chi connectivity index (χ4v) is 5.50. The largest absolute Gasteiger partial charge is 0.393 e. The lowest BCUT2D eigenvalue weighted by atomic mass is 9.91. The summed E-state index contributed by atoms with van der Waals surface area (Å²) >= 11 is 18.9. The quantitative estimate of drug-likeness (QED) is 0.528. The lowest BCUT2D eigenvalue weighted by molar-refractivity contribution is 0.0711. The molecule has 0 aromatic heterocycles. The summed E-state index contributed by atoms with van der Waals surface area (Å²) in [6.45, 7) is 6.18. The van der Waals surface area contributed by atoms with E-state index in [1.807, 2.05) is 18.2 Å². The highest BCUT2D eigenvalue weighted by molar-refractivity contribution is 6.35. The molecule has 4 rings (SSSR count). The highest BCUT2D eigenvalue weighted by Gasteiger charge is 2.27. The lowest BCUT2D eigenvalue weighted by Gasteiger charge is -2.42. The molecule has 4 nitrogen and oxygen atoms in total. The molecule has 0 radical (unpaired) electrons. The molecular weight excluding hydrogens is 453 g/mol. The van der Waals surface area contributed by atoms with Crippen LogP contribution in [0, 0.1) is 0 Å². The maximum atomic E-state index is 9.77. The first-order valence-electron chi connectivity index (χ1n) is 11.1. The van der Waals surface area contributed by atoms with Gasteiger partial charge in [0.2, 0.25) is 0 Å². The van der Waals surface area contributed by atoms with Gasteiger partial charge in [-0.25, -0.2) is 0 Å². The number of hydrogen-bond acceptors (Lipinski definition) is 4. The number of nitrogens with zero attached hydrogens (tertiary/aromatic N) is 2. The third kappa shape index (κ3) is 5.61. The predicted molar refractivity (Wildman–Crippen MR) is 132 cm³/mol. The molecule has 0 spiro atoms. The van der Waals surface area contributed by atoms with E-state index in [1.165, 1.54) is 5.69 Å². The van der Waals surface area contributed by atoms with Crippen molar-refractivity contribution in [3.63, 3.8) is 0 Å². The van der Waals surface area contributed by atoms with Crippen LogP contribution in [0.25, 0.3) is 0 Å². The molecule has 168 valence electrons. The Hall–Kier alpha value is -1.17. The van der Waals surface area contributed by atoms with Crippen LogP contribution in [0.3, 0.4) is 0 Å². The summed E-state index contributed by atoms with van der Waals surface area (Å²) in [6.07, 6.45) is 4.00. The predicted octanol–water partition coefficient (Wildman–Crippen LogP) is 6.25. The van der Waals surface area contributed by atoms with Gasteiger partial charge >= 0.3 is 0 Å². The summed E-state index contributed by atoms with van der Waals surface area (Å²) in [5.41, 5.74) is 3.07. The molecule has 2 aliphatic rings. The summed E-state index contributed by atoms with van der Waals surface area (Å²) in [5, 5.41) is 15.2. The second-order valence-corrected chi connectivity index (χ2v) is 9.93. The Kier molecular flexibility index (Phi) is 7.56. The number of aliphatic hydroxyl groups is 1. The van der Waals surface area contributed by atoms with Crippen LogP contribution in [-0.4, -0.2) is 48.3 Å². The smallest absolute Gasteiger partial charge is 0.0639 e. The molecule has 1 saturated heterocycles. The molecule has 2 fully saturated rings. The average molecular weight is 483 g/mol. The molecule has 0 bridgehead atoms. The molecule has 0 amide bonds. The van der Waals surface area contributed by atoms with Crippen molar-refractivity contribution in [3.8, 4) is 0 Å². The second-order valence-electron chi connectivity index (χ2n) is 8.68. The minimum atomic E-state index is -0.0947. The highest BCUT2D eigenvalue weighted by atomic mass is 35.5. The van der Waals surface area contributed by atoms with E-state index in [0.717, 1.165) is 63.1 Å². The first-order chi connectivity index (χ1) is 14.9. The summed E-state index contributed by atoms with van der Waals surface area (Å²) in [6, 6.07) is 12.4. The van der Waals surface area contributed by atoms with Crippen molar-refractivity contribution in [1.82, 2.24) is 4.90 Å². The second kappa shape index (κ2) is 10.2. The maximum Gasteiger partial charge on any atom is 0.0639 e. The summed E-state index contributed by atoms with van der Waals surface area (Å²) in [4.78, 5) is 5.03. The first-order valence-corrected chi connectivity index (χ1v) is 12.2. The van der Waals surface area contributed by atoms with Gasteiger partial charge in [0, 0.05) is 48.0 Å². The van der Waals surface area contributed by atoms with E-state index >= 15 is 0 Å². The first kappa shape index (κ1) is 23.0. The van der Waals surface area contributed by atoms with Gasteiger partial charge in [0.15, 0.2) is 0 Å². The van der Waals surface area contributed by atoms with Crippen molar-refractivity contribution < 1.29 is 5.11 Å². The van der Waals surface area contributed by atoms with Crippen LogP contribution in [0.1, 0.15) is 44.2 Å². The van der Waals surface area contributed by atoms with E-state index in [0.29, 0.717) is 21.1 Å². The molecule has 31 heavy (non-hydrogen) atoms. The van der Waals surface area contributed by atoms with E-state index < -0.39 is 0 Å². The van der Waals surface area contributed by atoms with Crippen molar-refractivity contribution in [1.29, 1.82) is 0 Å². The Morgan fingerprint density at radius 2 is 1.61 bits per heavy atom. The van der Waals surface area contributed by atoms with E-state index in [9.17, 15) is 5.11 Å². The normalized spacial score (nSPS) is 23.6. The summed E-state index contributed by atoms with van der Waals surface area (Å²) < 4.78 is 0. The van der Waals surface area contributed by atoms with Crippen LogP contribution in [0.4, 0.5) is 11.4 Å². The molecule has 2 aromatic carbocycles. The van der Waals surface area contributed by atoms with Crippen LogP contribution >= 0.6 is 34.8 Å². The number of piperazine rings is 1. The molecule has 1 saturated carbocycles. The monoisotopic (exact) mass is 481 g/mol. The van der Waals surface area contributed by atoms with Gasteiger partial charge in [0.1, 0.15) is 0 Å². The number of halogens is 3. The minimum Gasteiger partial charge on any atom is -0.393 e. The Bertz CT molecular complexity index is 894. The zero-order chi connectivity index (χ0) is 22.0. The van der Waals surface area contributed by atoms with Gasteiger partial charge < -0.3 is 15.3 Å². The van der Waals surface area contributed by atoms with Crippen LogP contribution < -0.4 is 10.2 Å². The molecule has 1 unspecified atom stereocenters. The Morgan fingerprint density at radius 1 is 0.903 bits per heavy atom. The third-order valence-corrected chi connectivity index (χ3v) is 7.51. The zero-order valence-corrected chi connectivity index (χ0v) is 20.1. The fraction of sp³-hybridized carbons (Fsp3) is 0.500. The SMILES string of the molecule is CC(Nc1cc(N2CCN(C3CCC(O)CC3)CC2)ccc1Cl)c1ccc(Cl)cc1Cl. The van der Waals surface area contributed by atoms with Crippen molar-refractivity contribution in [2.45, 2.75) is 50.8 Å². The fourth-order valence-electron chi connectivity index (χ4n) is 4.75. The Balaban J connectivity index is 1.40. The number of anilines is 2. The van der Waals surface area contributed by atoms with Crippen molar-refractivity contribution in [2.75, 3.05) is 36.4 Å². The zero-order valence-electron chi connectivity index (χ0n) is 17.8. The van der Waals surface area contributed by atoms with Gasteiger partial charge in [0.05, 0.1) is 22.9 Å². The topological polar surface area (TPSA) is 38.7 Å². The van der Waals surface area contributed by atoms with Gasteiger partial charge in [0.25, 0.3) is 0 Å². The van der Waals surface area contributed by atoms with E-state index in [-0.39, 0.29) is 12.1 Å². The van der Waals surface area contributed by atoms with E-state index in [2.05, 4.69) is 34.2 Å². The minimum absolute atomic E-state index is 0.00369. The van der Waals surface area contributed by atoms with Gasteiger partial charge in [-0.3, -0.25) is 4.90 Å². The third-order valence-electron chi connectivity index (χ3n) is 6.61. The Morgan fingerprint density at radius 3 is 2.29 bits per heavy atom. The molecule has 1 atom stereocenters. The molecule has 2 N–H and O–H groups in total. The van der Waals surface area contributed by atoms with Crippen LogP contribution in [0.15, 0.2) is 36.4 Å². The molecule has 2 aromatic rings. The molecule has 1 aliphatic heterocycles. The van der Waals surface area contributed by atoms with Gasteiger partial charge in [-0.2, -0.15) is 0 Å². The number of aliphatic hydroxyl groups excluding tert-OH is 1. The number of benzene rings is 2. The highest BCUT2D eigenvalue weighted by Crippen LogP contribution is 2.34. The number of rotatable bonds is 5. The van der Waals surface area contributed by atoms with Gasteiger partial charge in [-0.05, 0) is 68.5 Å². The van der Waals surface area contributed by atoms with Crippen molar-refractivity contribution in [2.24, 2.45) is 0 Å². The van der Waals surface area contributed by atoms with Crippen molar-refractivity contribution >= 4 is 46.2 Å². The van der Waals surface area contributed by atoms with E-state index in [4.69, 9.17) is 34.8 Å². The summed E-state index contributed by atoms with van der Waals surface area (Å²) in [5.74, 6) is 0. The van der Waals surface area contributed by atoms with E-state index in [1.54, 1.807) is 6.07 Å². The maximum absolute atomic E-state index is 9.77. The average Bonchev–Trinajstić information content (AvgIpc) is 2.76. The summed E-state index contributed by atoms with van der Waals surface area (Å²) in [7, 11) is 0. The van der Waals surface area contributed by atoms with Gasteiger partial charge in [-0.15, -0.1) is 0 Å². The lowest BCUT2D eigenvalue weighted by Crippen LogP contribution is -2.51. The standard InChI is InChI=1S/C24H30Cl3N3O/c1-16(21-8-2-17(25)14-23(21)27)28-24-15-19(5-9-22(24)26)30-12-10-29(11-13-30)18-3-6-20(31)7-4-18/h2,5,8-9,14-16,18,20,28,31H,3-4,6-7,10-13H2,1H3. The molecule has 1 aliphatic carbocycles. The molecular formula is C24H30Cl3N3O. The van der Waals surface area contributed by atoms with Gasteiger partial charge in [-0.1, -0.05) is 40.9 Å². The number of hydrogen-bond donors (Lipinski definition) is 2. The Labute approximate surface area is 200 Å². The van der Waals surface area contributed by atoms with Crippen LogP contribution in [0.2, 0.25) is 15.1 Å².